The number of methoxy groups -OCH3 is 1. The lowest BCUT2D eigenvalue weighted by Crippen LogP contribution is -2.32. The third kappa shape index (κ3) is 1.37. The summed E-state index contributed by atoms with van der Waals surface area (Å²) in [6.07, 6.45) is 6.28. The van der Waals surface area contributed by atoms with E-state index in [0.29, 0.717) is 12.2 Å². The second kappa shape index (κ2) is 3.58. The van der Waals surface area contributed by atoms with E-state index in [0.717, 1.165) is 23.4 Å². The van der Waals surface area contributed by atoms with Gasteiger partial charge in [-0.15, -0.1) is 0 Å². The number of Topliss-reactive ketones (excluding diaryl/α,β-unsaturated/α-hetero) is 1. The predicted molar refractivity (Wildman–Crippen MR) is 61.7 cm³/mol. The van der Waals surface area contributed by atoms with Crippen molar-refractivity contribution in [3.63, 3.8) is 0 Å². The lowest BCUT2D eigenvalue weighted by Gasteiger charge is -2.05. The average Bonchev–Trinajstić information content (AvgIpc) is 2.86. The van der Waals surface area contributed by atoms with Crippen LogP contribution in [0.4, 0.5) is 0 Å². The van der Waals surface area contributed by atoms with Crippen molar-refractivity contribution < 1.29 is 14.3 Å². The molecule has 4 heteroatoms. The average molecular weight is 231 g/mol. The van der Waals surface area contributed by atoms with Crippen LogP contribution in [0.2, 0.25) is 0 Å². The minimum Gasteiger partial charge on any atom is -0.468 e. The predicted octanol–water partition coefficient (Wildman–Crippen LogP) is -0.172. The number of ketones is 1. The highest BCUT2D eigenvalue weighted by Gasteiger charge is 2.37. The summed E-state index contributed by atoms with van der Waals surface area (Å²) >= 11 is 0. The number of hydrogen-bond donors (Lipinski definition) is 0. The Morgan fingerprint density at radius 3 is 2.94 bits per heavy atom. The molecule has 0 radical (unpaired) electrons. The maximum atomic E-state index is 12.1. The van der Waals surface area contributed by atoms with Gasteiger partial charge in [0.05, 0.1) is 12.8 Å². The minimum atomic E-state index is -0.657. The molecule has 1 aromatic rings. The Labute approximate surface area is 98.2 Å². The maximum absolute atomic E-state index is 12.1. The van der Waals surface area contributed by atoms with Crippen LogP contribution in [0, 0.1) is 5.92 Å². The van der Waals surface area contributed by atoms with Gasteiger partial charge in [-0.3, -0.25) is 9.59 Å². The normalized spacial score (nSPS) is 21.2. The number of carbonyl (C=O) groups excluding carboxylic acids is 2. The summed E-state index contributed by atoms with van der Waals surface area (Å²) in [6.45, 7) is 0.417. The van der Waals surface area contributed by atoms with Crippen molar-refractivity contribution in [1.82, 2.24) is 4.57 Å². The molecule has 0 saturated heterocycles. The number of esters is 1. The lowest BCUT2D eigenvalue weighted by molar-refractivity contribution is -0.143. The molecule has 2 heterocycles. The molecule has 0 aromatic carbocycles. The first-order valence-corrected chi connectivity index (χ1v) is 5.74. The van der Waals surface area contributed by atoms with Crippen molar-refractivity contribution in [3.8, 4) is 0 Å². The zero-order chi connectivity index (χ0) is 12.0. The summed E-state index contributed by atoms with van der Waals surface area (Å²) in [5, 5.41) is 2.19. The van der Waals surface area contributed by atoms with Gasteiger partial charge in [0.1, 0.15) is 5.92 Å². The first-order valence-electron chi connectivity index (χ1n) is 5.74. The van der Waals surface area contributed by atoms with Crippen LogP contribution in [0.15, 0.2) is 6.07 Å². The summed E-state index contributed by atoms with van der Waals surface area (Å²) in [4.78, 5) is 23.6. The molecule has 0 bridgehead atoms. The van der Waals surface area contributed by atoms with E-state index in [9.17, 15) is 9.59 Å². The zero-order valence-electron chi connectivity index (χ0n) is 9.60. The van der Waals surface area contributed by atoms with Crippen molar-refractivity contribution in [2.75, 3.05) is 7.11 Å². The van der Waals surface area contributed by atoms with E-state index in [1.165, 1.54) is 7.11 Å². The SMILES string of the molecule is COC(=O)C1Cn2c(cc3c2=CCCC=3)C1=O. The largest absolute Gasteiger partial charge is 0.468 e. The quantitative estimate of drug-likeness (QED) is 0.498. The molecule has 1 aromatic heterocycles. The molecule has 1 unspecified atom stereocenters. The van der Waals surface area contributed by atoms with Crippen LogP contribution >= 0.6 is 0 Å². The van der Waals surface area contributed by atoms with Crippen molar-refractivity contribution in [2.24, 2.45) is 5.92 Å². The number of ether oxygens (including phenoxy) is 1. The molecule has 0 amide bonds. The Balaban J connectivity index is 2.12. The third-order valence-corrected chi connectivity index (χ3v) is 3.46. The number of rotatable bonds is 1. The Morgan fingerprint density at radius 1 is 1.41 bits per heavy atom. The fraction of sp³-hybridized carbons (Fsp3) is 0.385. The van der Waals surface area contributed by atoms with E-state index in [1.807, 2.05) is 10.6 Å². The van der Waals surface area contributed by atoms with Crippen molar-refractivity contribution >= 4 is 23.9 Å². The second-order valence-corrected chi connectivity index (χ2v) is 4.41. The monoisotopic (exact) mass is 231 g/mol. The van der Waals surface area contributed by atoms with Gasteiger partial charge in [0.25, 0.3) is 0 Å². The molecule has 1 atom stereocenters. The Kier molecular flexibility index (Phi) is 2.18. The lowest BCUT2D eigenvalue weighted by atomic mass is 10.1. The highest BCUT2D eigenvalue weighted by Crippen LogP contribution is 2.19. The molecule has 0 spiro atoms. The summed E-state index contributed by atoms with van der Waals surface area (Å²) in [5.41, 5.74) is 0.639. The zero-order valence-corrected chi connectivity index (χ0v) is 9.60. The standard InChI is InChI=1S/C13H13NO3/c1-17-13(16)9-7-14-10-5-3-2-4-8(10)6-11(14)12(9)15/h4-6,9H,2-3,7H2,1H3. The molecule has 1 aliphatic carbocycles. The van der Waals surface area contributed by atoms with E-state index in [-0.39, 0.29) is 5.78 Å². The van der Waals surface area contributed by atoms with Crippen molar-refractivity contribution in [2.45, 2.75) is 19.4 Å². The van der Waals surface area contributed by atoms with Crippen molar-refractivity contribution in [3.05, 3.63) is 22.3 Å². The molecule has 2 aliphatic rings. The van der Waals surface area contributed by atoms with Crippen molar-refractivity contribution in [1.29, 1.82) is 0 Å². The fourth-order valence-electron chi connectivity index (χ4n) is 2.60. The van der Waals surface area contributed by atoms with Crippen LogP contribution in [0.25, 0.3) is 12.2 Å². The van der Waals surface area contributed by atoms with Gasteiger partial charge in [-0.05, 0) is 24.1 Å². The van der Waals surface area contributed by atoms with Crippen LogP contribution in [-0.4, -0.2) is 23.4 Å². The third-order valence-electron chi connectivity index (χ3n) is 3.46. The second-order valence-electron chi connectivity index (χ2n) is 4.41. The summed E-state index contributed by atoms with van der Waals surface area (Å²) in [5.74, 6) is -1.21. The highest BCUT2D eigenvalue weighted by atomic mass is 16.5. The first kappa shape index (κ1) is 10.3. The van der Waals surface area contributed by atoms with E-state index >= 15 is 0 Å². The molecule has 0 fully saturated rings. The van der Waals surface area contributed by atoms with E-state index < -0.39 is 11.9 Å². The molecule has 0 N–H and O–H groups in total. The van der Waals surface area contributed by atoms with Gasteiger partial charge >= 0.3 is 5.97 Å². The van der Waals surface area contributed by atoms with Gasteiger partial charge < -0.3 is 9.30 Å². The molecular weight excluding hydrogens is 218 g/mol. The summed E-state index contributed by atoms with van der Waals surface area (Å²) in [6, 6.07) is 1.89. The van der Waals surface area contributed by atoms with Crippen LogP contribution in [0.5, 0.6) is 0 Å². The van der Waals surface area contributed by atoms with Gasteiger partial charge in [0, 0.05) is 11.9 Å². The molecule has 4 nitrogen and oxygen atoms in total. The van der Waals surface area contributed by atoms with E-state index in [1.54, 1.807) is 0 Å². The Morgan fingerprint density at radius 2 is 2.18 bits per heavy atom. The van der Waals surface area contributed by atoms with Gasteiger partial charge in [-0.1, -0.05) is 12.2 Å². The molecule has 0 saturated carbocycles. The van der Waals surface area contributed by atoms with Crippen LogP contribution in [0.1, 0.15) is 23.3 Å². The molecule has 1 aliphatic heterocycles. The smallest absolute Gasteiger partial charge is 0.318 e. The number of hydrogen-bond acceptors (Lipinski definition) is 3. The van der Waals surface area contributed by atoms with E-state index in [4.69, 9.17) is 0 Å². The number of aromatic nitrogens is 1. The fourth-order valence-corrected chi connectivity index (χ4v) is 2.60. The van der Waals surface area contributed by atoms with Crippen LogP contribution < -0.4 is 10.6 Å². The van der Waals surface area contributed by atoms with Crippen LogP contribution in [0.3, 0.4) is 0 Å². The molecule has 88 valence electrons. The summed E-state index contributed by atoms with van der Waals surface area (Å²) in [7, 11) is 1.32. The van der Waals surface area contributed by atoms with Crippen LogP contribution in [-0.2, 0) is 16.1 Å². The molecular formula is C13H13NO3. The van der Waals surface area contributed by atoms with Gasteiger partial charge in [0.15, 0.2) is 5.78 Å². The minimum absolute atomic E-state index is 0.118. The Hall–Kier alpha value is -1.84. The topological polar surface area (TPSA) is 48.3 Å². The maximum Gasteiger partial charge on any atom is 0.318 e. The van der Waals surface area contributed by atoms with Gasteiger partial charge in [0.2, 0.25) is 0 Å². The summed E-state index contributed by atoms with van der Waals surface area (Å²) < 4.78 is 6.60. The number of nitrogens with zero attached hydrogens (tertiary/aromatic N) is 1. The Bertz CT molecular complexity index is 624. The molecule has 3 rings (SSSR count). The van der Waals surface area contributed by atoms with E-state index in [2.05, 4.69) is 16.9 Å². The number of fused-ring (bicyclic) bond motifs is 3. The highest BCUT2D eigenvalue weighted by molar-refractivity contribution is 6.09. The first-order chi connectivity index (χ1) is 8.22. The van der Waals surface area contributed by atoms with Gasteiger partial charge in [-0.2, -0.15) is 0 Å². The number of carbonyl (C=O) groups is 2. The molecule has 17 heavy (non-hydrogen) atoms. The van der Waals surface area contributed by atoms with Gasteiger partial charge in [-0.25, -0.2) is 0 Å².